The Morgan fingerprint density at radius 1 is 1.12 bits per heavy atom. The van der Waals surface area contributed by atoms with Crippen molar-refractivity contribution in [2.24, 2.45) is 9.98 Å². The molecule has 41 heavy (non-hydrogen) atoms. The minimum atomic E-state index is -0.382. The number of guanidine groups is 1. The summed E-state index contributed by atoms with van der Waals surface area (Å²) in [5.41, 5.74) is 1.89. The summed E-state index contributed by atoms with van der Waals surface area (Å²) < 4.78 is 31.3. The van der Waals surface area contributed by atoms with Crippen LogP contribution in [0, 0.1) is 5.82 Å². The molecule has 2 aromatic rings. The summed E-state index contributed by atoms with van der Waals surface area (Å²) in [7, 11) is 3.63. The monoisotopic (exact) mass is 565 g/mol. The van der Waals surface area contributed by atoms with Gasteiger partial charge in [0.1, 0.15) is 23.1 Å². The van der Waals surface area contributed by atoms with Gasteiger partial charge in [-0.3, -0.25) is 0 Å². The Kier molecular flexibility index (Phi) is 13.4. The molecule has 2 N–H and O–H groups in total. The number of halogens is 1. The first kappa shape index (κ1) is 31.8. The molecule has 0 aliphatic carbocycles. The molecule has 1 heterocycles. The van der Waals surface area contributed by atoms with E-state index in [1.807, 2.05) is 50.4 Å². The normalized spacial score (nSPS) is 15.8. The molecule has 3 rings (SSSR count). The van der Waals surface area contributed by atoms with Crippen molar-refractivity contribution in [1.82, 2.24) is 10.2 Å². The molecule has 9 heteroatoms. The Morgan fingerprint density at radius 3 is 2.49 bits per heavy atom. The molecule has 1 saturated heterocycles. The average molecular weight is 566 g/mol. The van der Waals surface area contributed by atoms with Gasteiger partial charge in [-0.25, -0.2) is 14.4 Å². The maximum Gasteiger partial charge on any atom is 0.203 e. The number of anilines is 1. The van der Waals surface area contributed by atoms with Gasteiger partial charge in [0, 0.05) is 25.2 Å². The third-order valence-corrected chi connectivity index (χ3v) is 6.68. The fraction of sp³-hybridized carbons (Fsp3) is 0.438. The zero-order valence-corrected chi connectivity index (χ0v) is 24.9. The molecule has 0 aromatic heterocycles. The highest BCUT2D eigenvalue weighted by molar-refractivity contribution is 5.91. The van der Waals surface area contributed by atoms with Gasteiger partial charge in [-0.05, 0) is 68.7 Å². The van der Waals surface area contributed by atoms with Crippen LogP contribution in [-0.4, -0.2) is 56.8 Å². The Bertz CT molecular complexity index is 1190. The summed E-state index contributed by atoms with van der Waals surface area (Å²) in [6.07, 6.45) is 9.87. The number of rotatable bonds is 14. The largest absolute Gasteiger partial charge is 0.497 e. The zero-order valence-electron chi connectivity index (χ0n) is 24.9. The van der Waals surface area contributed by atoms with Gasteiger partial charge in [0.25, 0.3) is 0 Å². The van der Waals surface area contributed by atoms with Crippen LogP contribution in [0.2, 0.25) is 0 Å². The molecular weight excluding hydrogens is 521 g/mol. The van der Waals surface area contributed by atoms with Crippen molar-refractivity contribution >= 4 is 23.5 Å². The minimum Gasteiger partial charge on any atom is -0.497 e. The lowest BCUT2D eigenvalue weighted by Gasteiger charge is -2.32. The van der Waals surface area contributed by atoms with Gasteiger partial charge >= 0.3 is 0 Å². The van der Waals surface area contributed by atoms with Crippen LogP contribution in [0.3, 0.4) is 0 Å². The van der Waals surface area contributed by atoms with Gasteiger partial charge in [0.15, 0.2) is 6.29 Å². The van der Waals surface area contributed by atoms with Crippen molar-refractivity contribution in [1.29, 1.82) is 0 Å². The number of nitrogens with one attached hydrogen (secondary N) is 2. The van der Waals surface area contributed by atoms with Crippen LogP contribution in [0.1, 0.15) is 52.9 Å². The standard InChI is InChI=1S/C32H44FN5O3/c1-6-11-26(17-20-31-40-21-22-41-31)38(4)32(37-29-14-10-9-13-28(29)33)36-24(8-3)23-34-30(12-7-2)35-25-15-18-27(39-5)19-16-25/h8-10,12-16,18-19,23,26,31,35H,6-7,11,17,20-22H2,1-5H3,(H,36,37)/b24-8+,30-12+,34-23-. The number of nitrogens with zero attached hydrogens (tertiary/aromatic N) is 3. The SMILES string of the molecule is C\C=C(/C=N\C(=C/CC)Nc1ccc(OC)cc1)NC(=Nc1ccccc1F)N(C)C(CCC)CCC1OCCO1. The number of aliphatic imine (C=N–C) groups is 2. The van der Waals surface area contributed by atoms with Crippen LogP contribution in [0.15, 0.2) is 82.2 Å². The maximum absolute atomic E-state index is 14.7. The summed E-state index contributed by atoms with van der Waals surface area (Å²) in [5.74, 6) is 1.65. The predicted octanol–water partition coefficient (Wildman–Crippen LogP) is 7.00. The topological polar surface area (TPSA) is 79.7 Å². The fourth-order valence-corrected chi connectivity index (χ4v) is 4.39. The van der Waals surface area contributed by atoms with Gasteiger partial charge in [0.2, 0.25) is 5.96 Å². The molecule has 0 radical (unpaired) electrons. The van der Waals surface area contributed by atoms with E-state index < -0.39 is 0 Å². The Labute approximate surface area is 244 Å². The molecule has 1 atom stereocenters. The summed E-state index contributed by atoms with van der Waals surface area (Å²) in [4.78, 5) is 11.5. The molecule has 0 saturated carbocycles. The summed E-state index contributed by atoms with van der Waals surface area (Å²) in [6, 6.07) is 14.3. The molecule has 1 aliphatic rings. The molecule has 0 spiro atoms. The Morgan fingerprint density at radius 2 is 1.85 bits per heavy atom. The second-order valence-electron chi connectivity index (χ2n) is 9.67. The maximum atomic E-state index is 14.7. The van der Waals surface area contributed by atoms with E-state index in [1.54, 1.807) is 31.5 Å². The van der Waals surface area contributed by atoms with Crippen molar-refractivity contribution in [2.45, 2.75) is 65.2 Å². The van der Waals surface area contributed by atoms with E-state index in [0.717, 1.165) is 49.2 Å². The number of hydrogen-bond acceptors (Lipinski definition) is 6. The van der Waals surface area contributed by atoms with Gasteiger partial charge in [-0.15, -0.1) is 0 Å². The smallest absolute Gasteiger partial charge is 0.203 e. The first-order valence-electron chi connectivity index (χ1n) is 14.3. The molecule has 1 fully saturated rings. The van der Waals surface area contributed by atoms with E-state index in [4.69, 9.17) is 24.2 Å². The summed E-state index contributed by atoms with van der Waals surface area (Å²) in [5, 5.41) is 6.76. The highest BCUT2D eigenvalue weighted by atomic mass is 19.1. The zero-order chi connectivity index (χ0) is 29.5. The van der Waals surface area contributed by atoms with E-state index in [0.29, 0.717) is 25.0 Å². The lowest BCUT2D eigenvalue weighted by atomic mass is 10.0. The van der Waals surface area contributed by atoms with Crippen LogP contribution in [0.5, 0.6) is 5.75 Å². The number of benzene rings is 2. The van der Waals surface area contributed by atoms with E-state index in [2.05, 4.69) is 29.4 Å². The van der Waals surface area contributed by atoms with E-state index >= 15 is 0 Å². The van der Waals surface area contributed by atoms with Gasteiger partial charge in [0.05, 0.1) is 32.2 Å². The molecule has 0 amide bonds. The van der Waals surface area contributed by atoms with Crippen LogP contribution in [0.25, 0.3) is 0 Å². The summed E-state index contributed by atoms with van der Waals surface area (Å²) >= 11 is 0. The van der Waals surface area contributed by atoms with Crippen molar-refractivity contribution < 1.29 is 18.6 Å². The Balaban J connectivity index is 1.82. The molecule has 1 unspecified atom stereocenters. The van der Waals surface area contributed by atoms with Crippen LogP contribution in [-0.2, 0) is 9.47 Å². The molecule has 8 nitrogen and oxygen atoms in total. The fourth-order valence-electron chi connectivity index (χ4n) is 4.39. The van der Waals surface area contributed by atoms with Gasteiger partial charge < -0.3 is 29.7 Å². The minimum absolute atomic E-state index is 0.146. The number of allylic oxidation sites excluding steroid dienone is 3. The lowest BCUT2D eigenvalue weighted by molar-refractivity contribution is -0.0504. The quantitative estimate of drug-likeness (QED) is 0.190. The molecule has 1 aliphatic heterocycles. The molecule has 222 valence electrons. The second-order valence-corrected chi connectivity index (χ2v) is 9.67. The lowest BCUT2D eigenvalue weighted by Crippen LogP contribution is -2.45. The van der Waals surface area contributed by atoms with Crippen LogP contribution >= 0.6 is 0 Å². The second kappa shape index (κ2) is 17.2. The average Bonchev–Trinajstić information content (AvgIpc) is 3.51. The first-order valence-corrected chi connectivity index (χ1v) is 14.3. The van der Waals surface area contributed by atoms with E-state index in [9.17, 15) is 4.39 Å². The highest BCUT2D eigenvalue weighted by Gasteiger charge is 2.23. The molecule has 2 aromatic carbocycles. The third kappa shape index (κ3) is 10.3. The first-order chi connectivity index (χ1) is 20.0. The van der Waals surface area contributed by atoms with Gasteiger partial charge in [-0.1, -0.05) is 38.5 Å². The van der Waals surface area contributed by atoms with Gasteiger partial charge in [-0.2, -0.15) is 0 Å². The number of methoxy groups -OCH3 is 1. The number of ether oxygens (including phenoxy) is 3. The van der Waals surface area contributed by atoms with Crippen molar-refractivity contribution in [3.05, 3.63) is 78.0 Å². The van der Waals surface area contributed by atoms with Crippen LogP contribution in [0.4, 0.5) is 15.8 Å². The summed E-state index contributed by atoms with van der Waals surface area (Å²) in [6.45, 7) is 7.40. The number of para-hydroxylation sites is 1. The third-order valence-electron chi connectivity index (χ3n) is 6.68. The van der Waals surface area contributed by atoms with E-state index in [-0.39, 0.29) is 23.8 Å². The van der Waals surface area contributed by atoms with Crippen molar-refractivity contribution in [3.8, 4) is 5.75 Å². The Hall–Kier alpha value is -3.69. The van der Waals surface area contributed by atoms with Crippen molar-refractivity contribution in [3.63, 3.8) is 0 Å². The highest BCUT2D eigenvalue weighted by Crippen LogP contribution is 2.21. The number of hydrogen-bond donors (Lipinski definition) is 2. The molecular formula is C32H44FN5O3. The predicted molar refractivity (Wildman–Crippen MR) is 165 cm³/mol. The van der Waals surface area contributed by atoms with Crippen LogP contribution < -0.4 is 15.4 Å². The van der Waals surface area contributed by atoms with Crippen molar-refractivity contribution in [2.75, 3.05) is 32.7 Å². The van der Waals surface area contributed by atoms with E-state index in [1.165, 1.54) is 6.07 Å². The molecule has 0 bridgehead atoms.